The lowest BCUT2D eigenvalue weighted by Crippen LogP contribution is -2.37. The number of benzene rings is 1. The van der Waals surface area contributed by atoms with Gasteiger partial charge in [-0.05, 0) is 38.1 Å². The summed E-state index contributed by atoms with van der Waals surface area (Å²) in [5.41, 5.74) is 5.97. The molecule has 1 aliphatic heterocycles. The van der Waals surface area contributed by atoms with Crippen LogP contribution in [0.15, 0.2) is 18.2 Å². The number of halogens is 1. The van der Waals surface area contributed by atoms with Crippen LogP contribution in [0.3, 0.4) is 0 Å². The van der Waals surface area contributed by atoms with E-state index in [2.05, 4.69) is 17.1 Å². The van der Waals surface area contributed by atoms with Crippen LogP contribution in [0, 0.1) is 5.82 Å². The molecule has 1 aromatic carbocycles. The number of nitrogens with two attached hydrogens (primary N) is 1. The second-order valence-electron chi connectivity index (χ2n) is 5.29. The van der Waals surface area contributed by atoms with E-state index in [9.17, 15) is 9.18 Å². The monoisotopic (exact) mass is 279 g/mol. The maximum Gasteiger partial charge on any atom is 0.248 e. The topological polar surface area (TPSA) is 58.4 Å². The molecule has 5 heteroatoms. The molecule has 0 aromatic heterocycles. The number of nitrogens with zero attached hydrogens (tertiary/aromatic N) is 1. The van der Waals surface area contributed by atoms with Crippen molar-refractivity contribution >= 4 is 5.91 Å². The predicted octanol–water partition coefficient (Wildman–Crippen LogP) is 1.50. The summed E-state index contributed by atoms with van der Waals surface area (Å²) < 4.78 is 14.0. The Hall–Kier alpha value is -1.46. The molecule has 1 aromatic rings. The largest absolute Gasteiger partial charge is 0.366 e. The summed E-state index contributed by atoms with van der Waals surface area (Å²) in [6.07, 6.45) is 2.39. The molecule has 4 nitrogen and oxygen atoms in total. The van der Waals surface area contributed by atoms with Gasteiger partial charge in [0.2, 0.25) is 5.91 Å². The minimum absolute atomic E-state index is 0.215. The van der Waals surface area contributed by atoms with Gasteiger partial charge in [0.15, 0.2) is 0 Å². The third-order valence-corrected chi connectivity index (χ3v) is 3.82. The molecule has 0 saturated carbocycles. The third-order valence-electron chi connectivity index (χ3n) is 3.82. The number of hydrogen-bond donors (Lipinski definition) is 2. The molecule has 1 atom stereocenters. The first kappa shape index (κ1) is 14.9. The first-order valence-electron chi connectivity index (χ1n) is 7.14. The standard InChI is InChI=1S/C15H22FN3O/c1-2-19(10-13-4-3-7-18-13)9-12-6-5-11(15(17)20)8-14(12)16/h5-6,8,13,18H,2-4,7,9-10H2,1H3,(H2,17,20). The summed E-state index contributed by atoms with van der Waals surface area (Å²) >= 11 is 0. The Bertz CT molecular complexity index is 472. The summed E-state index contributed by atoms with van der Waals surface area (Å²) in [6, 6.07) is 4.96. The molecule has 110 valence electrons. The van der Waals surface area contributed by atoms with Crippen molar-refractivity contribution in [2.45, 2.75) is 32.4 Å². The van der Waals surface area contributed by atoms with E-state index in [1.54, 1.807) is 12.1 Å². The van der Waals surface area contributed by atoms with Crippen molar-refractivity contribution in [2.75, 3.05) is 19.6 Å². The molecule has 2 rings (SSSR count). The molecule has 20 heavy (non-hydrogen) atoms. The summed E-state index contributed by atoms with van der Waals surface area (Å²) in [7, 11) is 0. The van der Waals surface area contributed by atoms with Crippen molar-refractivity contribution < 1.29 is 9.18 Å². The van der Waals surface area contributed by atoms with Gasteiger partial charge in [-0.15, -0.1) is 0 Å². The zero-order valence-electron chi connectivity index (χ0n) is 11.9. The fourth-order valence-electron chi connectivity index (χ4n) is 2.60. The molecule has 1 amide bonds. The Morgan fingerprint density at radius 2 is 2.35 bits per heavy atom. The third kappa shape index (κ3) is 3.77. The highest BCUT2D eigenvalue weighted by Gasteiger charge is 2.18. The molecule has 1 unspecified atom stereocenters. The molecule has 0 spiro atoms. The maximum atomic E-state index is 14.0. The molecular formula is C15H22FN3O. The van der Waals surface area contributed by atoms with E-state index in [0.29, 0.717) is 18.2 Å². The predicted molar refractivity (Wildman–Crippen MR) is 76.9 cm³/mol. The van der Waals surface area contributed by atoms with Gasteiger partial charge in [-0.2, -0.15) is 0 Å². The van der Waals surface area contributed by atoms with Gasteiger partial charge in [0.25, 0.3) is 0 Å². The average molecular weight is 279 g/mol. The van der Waals surface area contributed by atoms with Crippen LogP contribution in [0.25, 0.3) is 0 Å². The van der Waals surface area contributed by atoms with E-state index in [0.717, 1.165) is 19.6 Å². The average Bonchev–Trinajstić information content (AvgIpc) is 2.92. The molecule has 1 saturated heterocycles. The lowest BCUT2D eigenvalue weighted by atomic mass is 10.1. The second kappa shape index (κ2) is 6.81. The molecule has 0 aliphatic carbocycles. The lowest BCUT2D eigenvalue weighted by molar-refractivity contribution is 0.1000. The van der Waals surface area contributed by atoms with Crippen molar-refractivity contribution in [2.24, 2.45) is 5.73 Å². The van der Waals surface area contributed by atoms with Crippen LogP contribution in [-0.4, -0.2) is 36.5 Å². The normalized spacial score (nSPS) is 18.6. The SMILES string of the molecule is CCN(Cc1ccc(C(N)=O)cc1F)CC1CCCN1. The molecule has 1 heterocycles. The van der Waals surface area contributed by atoms with E-state index >= 15 is 0 Å². The van der Waals surface area contributed by atoms with E-state index in [1.807, 2.05) is 0 Å². The fraction of sp³-hybridized carbons (Fsp3) is 0.533. The number of carbonyl (C=O) groups is 1. The first-order valence-corrected chi connectivity index (χ1v) is 7.14. The number of likely N-dealkylation sites (N-methyl/N-ethyl adjacent to an activating group) is 1. The summed E-state index contributed by atoms with van der Waals surface area (Å²) in [6.45, 7) is 5.50. The van der Waals surface area contributed by atoms with E-state index in [4.69, 9.17) is 5.73 Å². The highest BCUT2D eigenvalue weighted by atomic mass is 19.1. The molecule has 1 fully saturated rings. The van der Waals surface area contributed by atoms with Crippen molar-refractivity contribution in [3.63, 3.8) is 0 Å². The Morgan fingerprint density at radius 3 is 2.90 bits per heavy atom. The minimum atomic E-state index is -0.599. The van der Waals surface area contributed by atoms with E-state index < -0.39 is 5.91 Å². The highest BCUT2D eigenvalue weighted by Crippen LogP contribution is 2.14. The van der Waals surface area contributed by atoms with Crippen LogP contribution in [0.2, 0.25) is 0 Å². The van der Waals surface area contributed by atoms with E-state index in [-0.39, 0.29) is 11.4 Å². The summed E-state index contributed by atoms with van der Waals surface area (Å²) in [5, 5.41) is 3.45. The smallest absolute Gasteiger partial charge is 0.248 e. The van der Waals surface area contributed by atoms with Crippen LogP contribution >= 0.6 is 0 Å². The Kier molecular flexibility index (Phi) is 5.09. The quantitative estimate of drug-likeness (QED) is 0.829. The molecule has 0 bridgehead atoms. The highest BCUT2D eigenvalue weighted by molar-refractivity contribution is 5.92. The number of nitrogens with one attached hydrogen (secondary N) is 1. The van der Waals surface area contributed by atoms with Gasteiger partial charge in [-0.25, -0.2) is 4.39 Å². The number of carbonyl (C=O) groups excluding carboxylic acids is 1. The van der Waals surface area contributed by atoms with Gasteiger partial charge in [-0.1, -0.05) is 13.0 Å². The van der Waals surface area contributed by atoms with Crippen molar-refractivity contribution in [1.82, 2.24) is 10.2 Å². The van der Waals surface area contributed by atoms with Crippen LogP contribution in [0.1, 0.15) is 35.7 Å². The molecule has 0 radical (unpaired) electrons. The zero-order valence-corrected chi connectivity index (χ0v) is 11.9. The zero-order chi connectivity index (χ0) is 14.5. The van der Waals surface area contributed by atoms with Crippen LogP contribution in [-0.2, 0) is 6.54 Å². The molecular weight excluding hydrogens is 257 g/mol. The first-order chi connectivity index (χ1) is 9.60. The van der Waals surface area contributed by atoms with Gasteiger partial charge in [0.1, 0.15) is 5.82 Å². The molecule has 3 N–H and O–H groups in total. The Morgan fingerprint density at radius 1 is 1.55 bits per heavy atom. The number of hydrogen-bond acceptors (Lipinski definition) is 3. The van der Waals surface area contributed by atoms with Crippen LogP contribution in [0.5, 0.6) is 0 Å². The second-order valence-corrected chi connectivity index (χ2v) is 5.29. The summed E-state index contributed by atoms with van der Waals surface area (Å²) in [5.74, 6) is -0.961. The van der Waals surface area contributed by atoms with E-state index in [1.165, 1.54) is 18.9 Å². The van der Waals surface area contributed by atoms with Gasteiger partial charge in [0.05, 0.1) is 0 Å². The number of primary amides is 1. The van der Waals surface area contributed by atoms with Crippen molar-refractivity contribution in [1.29, 1.82) is 0 Å². The van der Waals surface area contributed by atoms with Crippen LogP contribution in [0.4, 0.5) is 4.39 Å². The summed E-state index contributed by atoms with van der Waals surface area (Å²) in [4.78, 5) is 13.2. The van der Waals surface area contributed by atoms with Gasteiger partial charge in [-0.3, -0.25) is 9.69 Å². The lowest BCUT2D eigenvalue weighted by Gasteiger charge is -2.24. The number of rotatable bonds is 6. The van der Waals surface area contributed by atoms with Crippen molar-refractivity contribution in [3.8, 4) is 0 Å². The Labute approximate surface area is 119 Å². The Balaban J connectivity index is 2.01. The van der Waals surface area contributed by atoms with Crippen LogP contribution < -0.4 is 11.1 Å². The van der Waals surface area contributed by atoms with Gasteiger partial charge >= 0.3 is 0 Å². The minimum Gasteiger partial charge on any atom is -0.366 e. The number of amides is 1. The van der Waals surface area contributed by atoms with Gasteiger partial charge in [0, 0.05) is 30.3 Å². The van der Waals surface area contributed by atoms with Gasteiger partial charge < -0.3 is 11.1 Å². The molecule has 1 aliphatic rings. The van der Waals surface area contributed by atoms with Crippen molar-refractivity contribution in [3.05, 3.63) is 35.1 Å². The maximum absolute atomic E-state index is 14.0. The fourth-order valence-corrected chi connectivity index (χ4v) is 2.60.